The van der Waals surface area contributed by atoms with Gasteiger partial charge >= 0.3 is 0 Å². The van der Waals surface area contributed by atoms with Crippen LogP contribution in [-0.4, -0.2) is 30.2 Å². The van der Waals surface area contributed by atoms with Gasteiger partial charge in [0.15, 0.2) is 0 Å². The minimum absolute atomic E-state index is 0.627. The Kier molecular flexibility index (Phi) is 4.66. The van der Waals surface area contributed by atoms with Crippen molar-refractivity contribution in [3.63, 3.8) is 0 Å². The van der Waals surface area contributed by atoms with Crippen molar-refractivity contribution in [3.05, 3.63) is 29.4 Å². The van der Waals surface area contributed by atoms with Crippen LogP contribution in [0, 0.1) is 0 Å². The summed E-state index contributed by atoms with van der Waals surface area (Å²) in [5.41, 5.74) is 2.17. The highest BCUT2D eigenvalue weighted by molar-refractivity contribution is 7.13. The van der Waals surface area contributed by atoms with Crippen molar-refractivity contribution >= 4 is 11.3 Å². The van der Waals surface area contributed by atoms with Gasteiger partial charge in [-0.25, -0.2) is 9.97 Å². The van der Waals surface area contributed by atoms with E-state index < -0.39 is 0 Å². The summed E-state index contributed by atoms with van der Waals surface area (Å²) in [7, 11) is 1.62. The number of likely N-dealkylation sites (N-methyl/N-ethyl adjacent to an activating group) is 1. The third-order valence-electron chi connectivity index (χ3n) is 2.55. The van der Waals surface area contributed by atoms with E-state index in [2.05, 4.69) is 27.6 Å². The van der Waals surface area contributed by atoms with Gasteiger partial charge in [-0.3, -0.25) is 0 Å². The first-order valence-electron chi connectivity index (χ1n) is 5.99. The monoisotopic (exact) mass is 263 g/mol. The molecule has 2 aromatic heterocycles. The zero-order chi connectivity index (χ0) is 12.8. The van der Waals surface area contributed by atoms with Crippen molar-refractivity contribution < 1.29 is 4.74 Å². The summed E-state index contributed by atoms with van der Waals surface area (Å²) in [5.74, 6) is 0.627. The molecule has 0 radical (unpaired) electrons. The second-order valence-electron chi connectivity index (χ2n) is 3.84. The van der Waals surface area contributed by atoms with E-state index in [1.54, 1.807) is 24.6 Å². The highest BCUT2D eigenvalue weighted by atomic mass is 32.1. The molecule has 0 saturated heterocycles. The van der Waals surface area contributed by atoms with Crippen LogP contribution in [0.2, 0.25) is 0 Å². The number of hydrogen-bond acceptors (Lipinski definition) is 5. The zero-order valence-corrected chi connectivity index (χ0v) is 11.5. The van der Waals surface area contributed by atoms with E-state index in [1.807, 2.05) is 12.1 Å². The number of rotatable bonds is 6. The van der Waals surface area contributed by atoms with Crippen molar-refractivity contribution in [1.82, 2.24) is 15.3 Å². The lowest BCUT2D eigenvalue weighted by Crippen LogP contribution is -2.16. The van der Waals surface area contributed by atoms with Crippen molar-refractivity contribution in [2.45, 2.75) is 13.3 Å². The van der Waals surface area contributed by atoms with Crippen molar-refractivity contribution in [2.75, 3.05) is 20.2 Å². The standard InChI is InChI=1S/C13H17N3OS/c1-3-14-7-6-11-9-18-13(16-11)10-4-5-12(17-2)15-8-10/h4-5,8-9,14H,3,6-7H2,1-2H3. The van der Waals surface area contributed by atoms with E-state index in [4.69, 9.17) is 4.74 Å². The molecule has 0 aliphatic rings. The highest BCUT2D eigenvalue weighted by Crippen LogP contribution is 2.24. The van der Waals surface area contributed by atoms with Crippen molar-refractivity contribution in [2.24, 2.45) is 0 Å². The van der Waals surface area contributed by atoms with Gasteiger partial charge in [-0.2, -0.15) is 0 Å². The Bertz CT molecular complexity index is 481. The second kappa shape index (κ2) is 6.47. The van der Waals surface area contributed by atoms with Gasteiger partial charge in [-0.15, -0.1) is 11.3 Å². The molecule has 0 spiro atoms. The second-order valence-corrected chi connectivity index (χ2v) is 4.69. The first kappa shape index (κ1) is 13.0. The molecule has 0 aliphatic heterocycles. The fourth-order valence-electron chi connectivity index (χ4n) is 1.58. The van der Waals surface area contributed by atoms with Crippen LogP contribution in [0.5, 0.6) is 5.88 Å². The first-order chi connectivity index (χ1) is 8.83. The molecule has 2 aromatic rings. The Labute approximate surface area is 111 Å². The molecule has 0 amide bonds. The number of pyridine rings is 1. The molecule has 2 heterocycles. The van der Waals surface area contributed by atoms with E-state index in [1.165, 1.54) is 0 Å². The average molecular weight is 263 g/mol. The molecular weight excluding hydrogens is 246 g/mol. The summed E-state index contributed by atoms with van der Waals surface area (Å²) in [6.07, 6.45) is 2.76. The van der Waals surface area contributed by atoms with Crippen LogP contribution in [-0.2, 0) is 6.42 Å². The maximum absolute atomic E-state index is 5.04. The zero-order valence-electron chi connectivity index (χ0n) is 10.6. The molecule has 4 nitrogen and oxygen atoms in total. The van der Waals surface area contributed by atoms with Gasteiger partial charge in [0.2, 0.25) is 5.88 Å². The topological polar surface area (TPSA) is 47.0 Å². The Morgan fingerprint density at radius 3 is 2.94 bits per heavy atom. The van der Waals surface area contributed by atoms with E-state index in [0.29, 0.717) is 5.88 Å². The smallest absolute Gasteiger partial charge is 0.212 e. The van der Waals surface area contributed by atoms with Gasteiger partial charge in [-0.05, 0) is 12.6 Å². The van der Waals surface area contributed by atoms with Gasteiger partial charge in [0, 0.05) is 36.2 Å². The van der Waals surface area contributed by atoms with Crippen LogP contribution in [0.25, 0.3) is 10.6 Å². The molecule has 0 unspecified atom stereocenters. The summed E-state index contributed by atoms with van der Waals surface area (Å²) in [5, 5.41) is 6.42. The molecule has 0 aromatic carbocycles. The molecule has 2 rings (SSSR count). The maximum atomic E-state index is 5.04. The van der Waals surface area contributed by atoms with Gasteiger partial charge in [0.25, 0.3) is 0 Å². The molecule has 1 N–H and O–H groups in total. The molecule has 0 atom stereocenters. The first-order valence-corrected chi connectivity index (χ1v) is 6.87. The van der Waals surface area contributed by atoms with Crippen molar-refractivity contribution in [1.29, 1.82) is 0 Å². The number of nitrogens with zero attached hydrogens (tertiary/aromatic N) is 2. The Balaban J connectivity index is 2.04. The van der Waals surface area contributed by atoms with Crippen LogP contribution in [0.3, 0.4) is 0 Å². The van der Waals surface area contributed by atoms with E-state index >= 15 is 0 Å². The summed E-state index contributed by atoms with van der Waals surface area (Å²) >= 11 is 1.65. The van der Waals surface area contributed by atoms with Gasteiger partial charge in [-0.1, -0.05) is 6.92 Å². The third kappa shape index (κ3) is 3.27. The SMILES string of the molecule is CCNCCc1csc(-c2ccc(OC)nc2)n1. The van der Waals surface area contributed by atoms with Crippen LogP contribution < -0.4 is 10.1 Å². The molecule has 18 heavy (non-hydrogen) atoms. The number of aromatic nitrogens is 2. The maximum Gasteiger partial charge on any atom is 0.212 e. The quantitative estimate of drug-likeness (QED) is 0.813. The summed E-state index contributed by atoms with van der Waals surface area (Å²) in [6.45, 7) is 4.08. The third-order valence-corrected chi connectivity index (χ3v) is 3.49. The van der Waals surface area contributed by atoms with Gasteiger partial charge in [0.05, 0.1) is 12.8 Å². The molecule has 0 bridgehead atoms. The molecule has 0 fully saturated rings. The number of methoxy groups -OCH3 is 1. The normalized spacial score (nSPS) is 10.6. The summed E-state index contributed by atoms with van der Waals surface area (Å²) < 4.78 is 5.04. The van der Waals surface area contributed by atoms with Crippen LogP contribution in [0.15, 0.2) is 23.7 Å². The fourth-order valence-corrected chi connectivity index (χ4v) is 2.42. The molecule has 0 aliphatic carbocycles. The molecule has 96 valence electrons. The minimum Gasteiger partial charge on any atom is -0.481 e. The van der Waals surface area contributed by atoms with Crippen molar-refractivity contribution in [3.8, 4) is 16.5 Å². The number of ether oxygens (including phenoxy) is 1. The van der Waals surface area contributed by atoms with E-state index in [-0.39, 0.29) is 0 Å². The summed E-state index contributed by atoms with van der Waals surface area (Å²) in [4.78, 5) is 8.80. The lowest BCUT2D eigenvalue weighted by atomic mass is 10.3. The Hall–Kier alpha value is -1.46. The number of nitrogens with one attached hydrogen (secondary N) is 1. The predicted molar refractivity (Wildman–Crippen MR) is 74.1 cm³/mol. The van der Waals surface area contributed by atoms with Crippen LogP contribution >= 0.6 is 11.3 Å². The molecule has 5 heteroatoms. The van der Waals surface area contributed by atoms with E-state index in [9.17, 15) is 0 Å². The van der Waals surface area contributed by atoms with E-state index in [0.717, 1.165) is 35.8 Å². The lowest BCUT2D eigenvalue weighted by Gasteiger charge is -1.99. The predicted octanol–water partition coefficient (Wildman–Crippen LogP) is 2.37. The summed E-state index contributed by atoms with van der Waals surface area (Å²) in [6, 6.07) is 3.84. The minimum atomic E-state index is 0.627. The molecule has 0 saturated carbocycles. The highest BCUT2D eigenvalue weighted by Gasteiger charge is 2.05. The van der Waals surface area contributed by atoms with Gasteiger partial charge < -0.3 is 10.1 Å². The Morgan fingerprint density at radius 2 is 2.28 bits per heavy atom. The average Bonchev–Trinajstić information content (AvgIpc) is 2.88. The Morgan fingerprint density at radius 1 is 1.39 bits per heavy atom. The number of hydrogen-bond donors (Lipinski definition) is 1. The lowest BCUT2D eigenvalue weighted by molar-refractivity contribution is 0.398. The van der Waals surface area contributed by atoms with Gasteiger partial charge in [0.1, 0.15) is 5.01 Å². The van der Waals surface area contributed by atoms with Crippen LogP contribution in [0.1, 0.15) is 12.6 Å². The largest absolute Gasteiger partial charge is 0.481 e. The number of thiazole rings is 1. The van der Waals surface area contributed by atoms with Crippen LogP contribution in [0.4, 0.5) is 0 Å². The fraction of sp³-hybridized carbons (Fsp3) is 0.385. The molecular formula is C13H17N3OS.